The number of carbonyl (C=O) groups is 1. The highest BCUT2D eigenvalue weighted by molar-refractivity contribution is 5.94. The molecule has 1 amide bonds. The van der Waals surface area contributed by atoms with E-state index >= 15 is 0 Å². The van der Waals surface area contributed by atoms with Crippen LogP contribution in [0.5, 0.6) is 0 Å². The van der Waals surface area contributed by atoms with Gasteiger partial charge in [0, 0.05) is 57.1 Å². The van der Waals surface area contributed by atoms with E-state index in [1.54, 1.807) is 0 Å². The predicted molar refractivity (Wildman–Crippen MR) is 116 cm³/mol. The summed E-state index contributed by atoms with van der Waals surface area (Å²) in [6.07, 6.45) is 2.30. The zero-order chi connectivity index (χ0) is 20.1. The van der Waals surface area contributed by atoms with E-state index in [-0.39, 0.29) is 12.0 Å². The third-order valence-corrected chi connectivity index (χ3v) is 5.94. The molecule has 2 aromatic rings. The first kappa shape index (κ1) is 19.9. The Kier molecular flexibility index (Phi) is 6.47. The number of carbonyl (C=O) groups excluding carboxylic acids is 1. The lowest BCUT2D eigenvalue weighted by molar-refractivity contribution is 0.0857. The number of anilines is 1. The smallest absolute Gasteiger partial charge is 0.251 e. The first-order valence-electron chi connectivity index (χ1n) is 10.7. The van der Waals surface area contributed by atoms with Crippen molar-refractivity contribution in [1.29, 1.82) is 0 Å². The van der Waals surface area contributed by atoms with E-state index in [9.17, 15) is 4.79 Å². The molecule has 0 aromatic heterocycles. The molecule has 0 saturated carbocycles. The average Bonchev–Trinajstić information content (AvgIpc) is 3.27. The molecule has 1 N–H and O–H groups in total. The first-order valence-corrected chi connectivity index (χ1v) is 10.7. The molecule has 0 bridgehead atoms. The molecule has 2 saturated heterocycles. The van der Waals surface area contributed by atoms with Crippen molar-refractivity contribution in [2.24, 2.45) is 0 Å². The summed E-state index contributed by atoms with van der Waals surface area (Å²) >= 11 is 0. The number of benzene rings is 2. The summed E-state index contributed by atoms with van der Waals surface area (Å²) < 4.78 is 5.59. The number of aryl methyl sites for hydroxylation is 1. The molecule has 29 heavy (non-hydrogen) atoms. The maximum atomic E-state index is 12.5. The van der Waals surface area contributed by atoms with Crippen LogP contribution in [0, 0.1) is 6.92 Å². The molecule has 4 rings (SSSR count). The second-order valence-electron chi connectivity index (χ2n) is 8.10. The third kappa shape index (κ3) is 5.17. The Morgan fingerprint density at radius 1 is 1.10 bits per heavy atom. The minimum atomic E-state index is -0.00766. The number of hydrogen-bond acceptors (Lipinski definition) is 4. The molecule has 2 aliphatic rings. The van der Waals surface area contributed by atoms with E-state index in [1.165, 1.54) is 16.8 Å². The van der Waals surface area contributed by atoms with Gasteiger partial charge in [-0.25, -0.2) is 0 Å². The van der Waals surface area contributed by atoms with Crippen molar-refractivity contribution in [3.05, 3.63) is 65.2 Å². The van der Waals surface area contributed by atoms with Crippen LogP contribution in [0.3, 0.4) is 0 Å². The van der Waals surface area contributed by atoms with Crippen molar-refractivity contribution in [1.82, 2.24) is 10.2 Å². The van der Waals surface area contributed by atoms with Crippen molar-refractivity contribution in [3.63, 3.8) is 0 Å². The fourth-order valence-electron chi connectivity index (χ4n) is 4.25. The van der Waals surface area contributed by atoms with Crippen molar-refractivity contribution in [2.45, 2.75) is 32.4 Å². The standard InChI is InChI=1S/C24H31N3O2/c1-19-6-2-3-10-23(19)27-13-11-26(12-14-27)18-20-7-4-8-21(16-20)24(28)25-17-22-9-5-15-29-22/h2-4,6-8,10,16,22H,5,9,11-15,17-18H2,1H3,(H,25,28)/t22-/m0/s1. The second kappa shape index (κ2) is 9.42. The Morgan fingerprint density at radius 2 is 1.93 bits per heavy atom. The molecule has 2 aliphatic heterocycles. The van der Waals surface area contributed by atoms with E-state index in [1.807, 2.05) is 18.2 Å². The Hall–Kier alpha value is -2.37. The van der Waals surface area contributed by atoms with Gasteiger partial charge in [-0.15, -0.1) is 0 Å². The van der Waals surface area contributed by atoms with Crippen LogP contribution in [0.2, 0.25) is 0 Å². The Bertz CT molecular complexity index is 824. The minimum Gasteiger partial charge on any atom is -0.376 e. The van der Waals surface area contributed by atoms with Gasteiger partial charge >= 0.3 is 0 Å². The first-order chi connectivity index (χ1) is 14.2. The third-order valence-electron chi connectivity index (χ3n) is 5.94. The lowest BCUT2D eigenvalue weighted by atomic mass is 10.1. The molecule has 0 spiro atoms. The van der Waals surface area contributed by atoms with Crippen LogP contribution < -0.4 is 10.2 Å². The topological polar surface area (TPSA) is 44.8 Å². The van der Waals surface area contributed by atoms with Gasteiger partial charge in [-0.2, -0.15) is 0 Å². The molecule has 2 heterocycles. The summed E-state index contributed by atoms with van der Waals surface area (Å²) in [7, 11) is 0. The molecule has 154 valence electrons. The zero-order valence-electron chi connectivity index (χ0n) is 17.3. The molecule has 2 fully saturated rings. The van der Waals surface area contributed by atoms with Crippen LogP contribution in [0.4, 0.5) is 5.69 Å². The van der Waals surface area contributed by atoms with Gasteiger partial charge < -0.3 is 15.0 Å². The Labute approximate surface area is 173 Å². The molecule has 2 aromatic carbocycles. The van der Waals surface area contributed by atoms with E-state index in [4.69, 9.17) is 4.74 Å². The Morgan fingerprint density at radius 3 is 2.69 bits per heavy atom. The van der Waals surface area contributed by atoms with Gasteiger partial charge in [0.25, 0.3) is 5.91 Å². The second-order valence-corrected chi connectivity index (χ2v) is 8.10. The zero-order valence-corrected chi connectivity index (χ0v) is 17.3. The largest absolute Gasteiger partial charge is 0.376 e. The lowest BCUT2D eigenvalue weighted by Gasteiger charge is -2.36. The minimum absolute atomic E-state index is 0.00766. The van der Waals surface area contributed by atoms with Crippen LogP contribution >= 0.6 is 0 Å². The highest BCUT2D eigenvalue weighted by atomic mass is 16.5. The number of hydrogen-bond donors (Lipinski definition) is 1. The van der Waals surface area contributed by atoms with Gasteiger partial charge in [-0.1, -0.05) is 30.3 Å². The molecule has 1 atom stereocenters. The highest BCUT2D eigenvalue weighted by Gasteiger charge is 2.19. The van der Waals surface area contributed by atoms with Gasteiger partial charge in [0.15, 0.2) is 0 Å². The number of amides is 1. The van der Waals surface area contributed by atoms with Gasteiger partial charge in [-0.3, -0.25) is 9.69 Å². The van der Waals surface area contributed by atoms with Crippen LogP contribution in [0.25, 0.3) is 0 Å². The van der Waals surface area contributed by atoms with Crippen LogP contribution in [0.1, 0.15) is 34.3 Å². The average molecular weight is 394 g/mol. The number of ether oxygens (including phenoxy) is 1. The van der Waals surface area contributed by atoms with Gasteiger partial charge in [0.05, 0.1) is 6.10 Å². The van der Waals surface area contributed by atoms with E-state index in [0.29, 0.717) is 6.54 Å². The van der Waals surface area contributed by atoms with Crippen molar-refractivity contribution in [2.75, 3.05) is 44.2 Å². The summed E-state index contributed by atoms with van der Waals surface area (Å²) in [5.74, 6) is -0.00766. The molecule has 0 unspecified atom stereocenters. The van der Waals surface area contributed by atoms with Crippen molar-refractivity contribution >= 4 is 11.6 Å². The van der Waals surface area contributed by atoms with Crippen LogP contribution in [-0.4, -0.2) is 56.2 Å². The SMILES string of the molecule is Cc1ccccc1N1CCN(Cc2cccc(C(=O)NC[C@@H]3CCCO3)c2)CC1. The number of rotatable bonds is 6. The molecule has 5 nitrogen and oxygen atoms in total. The summed E-state index contributed by atoms with van der Waals surface area (Å²) in [6, 6.07) is 16.6. The summed E-state index contributed by atoms with van der Waals surface area (Å²) in [5.41, 5.74) is 4.61. The van der Waals surface area contributed by atoms with Gasteiger partial charge in [0.1, 0.15) is 0 Å². The predicted octanol–water partition coefficient (Wildman–Crippen LogP) is 3.23. The molecular weight excluding hydrogens is 362 g/mol. The fourth-order valence-corrected chi connectivity index (χ4v) is 4.25. The van der Waals surface area contributed by atoms with E-state index in [0.717, 1.165) is 57.7 Å². The highest BCUT2D eigenvalue weighted by Crippen LogP contribution is 2.21. The monoisotopic (exact) mass is 393 g/mol. The normalized spacial score (nSPS) is 20.0. The molecule has 5 heteroatoms. The summed E-state index contributed by atoms with van der Waals surface area (Å²) in [6.45, 7) is 8.61. The van der Waals surface area contributed by atoms with Crippen molar-refractivity contribution < 1.29 is 9.53 Å². The maximum Gasteiger partial charge on any atom is 0.251 e. The fraction of sp³-hybridized carbons (Fsp3) is 0.458. The Balaban J connectivity index is 1.29. The van der Waals surface area contributed by atoms with Gasteiger partial charge in [0.2, 0.25) is 0 Å². The van der Waals surface area contributed by atoms with E-state index in [2.05, 4.69) is 52.4 Å². The van der Waals surface area contributed by atoms with E-state index < -0.39 is 0 Å². The van der Waals surface area contributed by atoms with Crippen LogP contribution in [-0.2, 0) is 11.3 Å². The molecular formula is C24H31N3O2. The quantitative estimate of drug-likeness (QED) is 0.819. The summed E-state index contributed by atoms with van der Waals surface area (Å²) in [5, 5.41) is 3.02. The van der Waals surface area contributed by atoms with Crippen LogP contribution in [0.15, 0.2) is 48.5 Å². The number of nitrogens with zero attached hydrogens (tertiary/aromatic N) is 2. The number of para-hydroxylation sites is 1. The lowest BCUT2D eigenvalue weighted by Crippen LogP contribution is -2.46. The maximum absolute atomic E-state index is 12.5. The van der Waals surface area contributed by atoms with Crippen molar-refractivity contribution in [3.8, 4) is 0 Å². The number of nitrogens with one attached hydrogen (secondary N) is 1. The molecule has 0 radical (unpaired) electrons. The van der Waals surface area contributed by atoms with Gasteiger partial charge in [-0.05, 0) is 49.1 Å². The molecule has 0 aliphatic carbocycles. The number of piperazine rings is 1. The summed E-state index contributed by atoms with van der Waals surface area (Å²) in [4.78, 5) is 17.4.